The smallest absolute Gasteiger partial charge is 0.171 e. The molecular formula is C27H44O7. The highest BCUT2D eigenvalue weighted by Crippen LogP contribution is 2.71. The van der Waals surface area contributed by atoms with Crippen LogP contribution in [0.15, 0.2) is 0 Å². The van der Waals surface area contributed by atoms with Crippen molar-refractivity contribution in [1.29, 1.82) is 0 Å². The lowest BCUT2D eigenvalue weighted by atomic mass is 9.41. The molecule has 5 N–H and O–H groups in total. The van der Waals surface area contributed by atoms with E-state index in [4.69, 9.17) is 9.47 Å². The van der Waals surface area contributed by atoms with Gasteiger partial charge in [0.05, 0.1) is 18.8 Å². The molecule has 6 fully saturated rings. The summed E-state index contributed by atoms with van der Waals surface area (Å²) in [5.74, 6) is 1.52. The van der Waals surface area contributed by atoms with Gasteiger partial charge in [-0.15, -0.1) is 0 Å². The third-order valence-electron chi connectivity index (χ3n) is 12.4. The molecule has 0 aromatic rings. The summed E-state index contributed by atoms with van der Waals surface area (Å²) < 4.78 is 13.2. The van der Waals surface area contributed by atoms with Crippen LogP contribution in [0.2, 0.25) is 0 Å². The van der Waals surface area contributed by atoms with Gasteiger partial charge in [0, 0.05) is 17.8 Å². The molecule has 0 aromatic heterocycles. The van der Waals surface area contributed by atoms with Gasteiger partial charge in [-0.05, 0) is 73.5 Å². The van der Waals surface area contributed by atoms with Crippen molar-refractivity contribution in [2.45, 2.75) is 115 Å². The highest BCUT2D eigenvalue weighted by atomic mass is 16.7. The van der Waals surface area contributed by atoms with Crippen molar-refractivity contribution >= 4 is 0 Å². The van der Waals surface area contributed by atoms with Crippen molar-refractivity contribution < 1.29 is 35.0 Å². The van der Waals surface area contributed by atoms with Gasteiger partial charge in [-0.25, -0.2) is 0 Å². The molecule has 7 heteroatoms. The monoisotopic (exact) mass is 480 g/mol. The molecule has 2 saturated heterocycles. The summed E-state index contributed by atoms with van der Waals surface area (Å²) in [5, 5.41) is 54.7. The number of ether oxygens (including phenoxy) is 2. The van der Waals surface area contributed by atoms with E-state index in [1.54, 1.807) is 0 Å². The number of aliphatic hydroxyl groups excluding tert-OH is 4. The van der Waals surface area contributed by atoms with Crippen LogP contribution in [0.3, 0.4) is 0 Å². The van der Waals surface area contributed by atoms with Gasteiger partial charge in [-0.1, -0.05) is 27.7 Å². The summed E-state index contributed by atoms with van der Waals surface area (Å²) in [4.78, 5) is 0. The number of fused-ring (bicyclic) bond motifs is 7. The Morgan fingerprint density at radius 1 is 0.824 bits per heavy atom. The summed E-state index contributed by atoms with van der Waals surface area (Å²) in [5.41, 5.74) is -2.60. The van der Waals surface area contributed by atoms with Gasteiger partial charge < -0.3 is 35.0 Å². The molecule has 2 aliphatic heterocycles. The van der Waals surface area contributed by atoms with Crippen molar-refractivity contribution in [2.24, 2.45) is 46.3 Å². The molecule has 0 aromatic carbocycles. The molecule has 2 heterocycles. The molecular weight excluding hydrogens is 436 g/mol. The fourth-order valence-electron chi connectivity index (χ4n) is 10.4. The van der Waals surface area contributed by atoms with Crippen LogP contribution in [0.4, 0.5) is 0 Å². The van der Waals surface area contributed by atoms with Crippen molar-refractivity contribution in [1.82, 2.24) is 0 Å². The van der Waals surface area contributed by atoms with E-state index in [0.717, 1.165) is 45.1 Å². The van der Waals surface area contributed by atoms with E-state index in [9.17, 15) is 25.5 Å². The van der Waals surface area contributed by atoms with Gasteiger partial charge in [0.1, 0.15) is 23.9 Å². The minimum absolute atomic E-state index is 0.0361. The summed E-state index contributed by atoms with van der Waals surface area (Å²) in [6.45, 7) is 9.58. The van der Waals surface area contributed by atoms with Crippen molar-refractivity contribution in [2.75, 3.05) is 6.61 Å². The zero-order valence-corrected chi connectivity index (χ0v) is 21.1. The van der Waals surface area contributed by atoms with Crippen LogP contribution in [0.25, 0.3) is 0 Å². The lowest BCUT2D eigenvalue weighted by molar-refractivity contribution is -0.325. The zero-order valence-electron chi connectivity index (χ0n) is 21.1. The molecule has 4 saturated carbocycles. The maximum absolute atomic E-state index is 11.7. The third-order valence-corrected chi connectivity index (χ3v) is 12.4. The Hall–Kier alpha value is -0.280. The van der Waals surface area contributed by atoms with Crippen molar-refractivity contribution in [3.8, 4) is 0 Å². The van der Waals surface area contributed by atoms with E-state index in [0.29, 0.717) is 30.1 Å². The first-order chi connectivity index (χ1) is 15.9. The summed E-state index contributed by atoms with van der Waals surface area (Å²) in [6.07, 6.45) is 0.310. The lowest BCUT2D eigenvalue weighted by Crippen LogP contribution is -2.77. The predicted octanol–water partition coefficient (Wildman–Crippen LogP) is 1.82. The first kappa shape index (κ1) is 24.1. The maximum Gasteiger partial charge on any atom is 0.171 e. The number of hydrogen-bond donors (Lipinski definition) is 5. The molecule has 4 aliphatic carbocycles. The lowest BCUT2D eigenvalue weighted by Gasteiger charge is -2.67. The molecule has 6 aliphatic rings. The molecule has 194 valence electrons. The zero-order chi connectivity index (χ0) is 24.4. The average Bonchev–Trinajstić information content (AvgIpc) is 3.25. The normalized spacial score (nSPS) is 65.4. The fraction of sp³-hybridized carbons (Fsp3) is 1.00. The number of aliphatic hydroxyl groups is 5. The largest absolute Gasteiger partial charge is 0.390 e. The third kappa shape index (κ3) is 2.68. The first-order valence-corrected chi connectivity index (χ1v) is 13.7. The van der Waals surface area contributed by atoms with Gasteiger partial charge in [0.2, 0.25) is 0 Å². The molecule has 6 rings (SSSR count). The van der Waals surface area contributed by atoms with Gasteiger partial charge in [0.25, 0.3) is 0 Å². The van der Waals surface area contributed by atoms with E-state index in [-0.39, 0.29) is 23.4 Å². The Bertz CT molecular complexity index is 828. The topological polar surface area (TPSA) is 120 Å². The molecule has 15 atom stereocenters. The minimum atomic E-state index is -1.62. The van der Waals surface area contributed by atoms with Crippen LogP contribution in [0.1, 0.15) is 72.6 Å². The Balaban J connectivity index is 1.31. The van der Waals surface area contributed by atoms with E-state index in [2.05, 4.69) is 20.8 Å². The molecule has 0 amide bonds. The molecule has 0 radical (unpaired) electrons. The Kier molecular flexibility index (Phi) is 5.24. The molecule has 1 spiro atoms. The fourth-order valence-corrected chi connectivity index (χ4v) is 10.4. The van der Waals surface area contributed by atoms with Crippen LogP contribution in [-0.4, -0.2) is 74.0 Å². The maximum atomic E-state index is 11.7. The van der Waals surface area contributed by atoms with Gasteiger partial charge in [-0.3, -0.25) is 0 Å². The van der Waals surface area contributed by atoms with E-state index >= 15 is 0 Å². The average molecular weight is 481 g/mol. The van der Waals surface area contributed by atoms with E-state index in [1.165, 1.54) is 0 Å². The molecule has 7 nitrogen and oxygen atoms in total. The summed E-state index contributed by atoms with van der Waals surface area (Å²) >= 11 is 0. The summed E-state index contributed by atoms with van der Waals surface area (Å²) in [6, 6.07) is 0. The highest BCUT2D eigenvalue weighted by Gasteiger charge is 2.74. The standard InChI is InChI=1S/C27H44O7/c1-13-5-10-27(33-12-13)14(2)19-18(34-27)11-17-15-6-9-26(32)23(31)21(29)20(28)22(30)25(26,4)16(15)7-8-24(17,19)3/h13-23,28-32H,5-12H2,1-4H3/t13-,14+,15-,16+,17-,18+,19+,20-,21-,22+,23+,24-,25-,26+,27-/m1/s1. The van der Waals surface area contributed by atoms with Gasteiger partial charge in [-0.2, -0.15) is 0 Å². The van der Waals surface area contributed by atoms with Crippen LogP contribution in [-0.2, 0) is 9.47 Å². The highest BCUT2D eigenvalue weighted by molar-refractivity contribution is 5.22. The Morgan fingerprint density at radius 2 is 1.53 bits per heavy atom. The van der Waals surface area contributed by atoms with Crippen LogP contribution in [0, 0.1) is 46.3 Å². The second kappa shape index (κ2) is 7.40. The first-order valence-electron chi connectivity index (χ1n) is 13.7. The van der Waals surface area contributed by atoms with E-state index in [1.807, 2.05) is 6.92 Å². The summed E-state index contributed by atoms with van der Waals surface area (Å²) in [7, 11) is 0. The predicted molar refractivity (Wildman–Crippen MR) is 123 cm³/mol. The number of rotatable bonds is 0. The Labute approximate surface area is 202 Å². The second-order valence-electron chi connectivity index (χ2n) is 13.5. The van der Waals surface area contributed by atoms with Crippen LogP contribution in [0.5, 0.6) is 0 Å². The van der Waals surface area contributed by atoms with Gasteiger partial charge in [0.15, 0.2) is 5.79 Å². The molecule has 0 bridgehead atoms. The molecule has 0 unspecified atom stereocenters. The van der Waals surface area contributed by atoms with Crippen LogP contribution >= 0.6 is 0 Å². The molecule has 34 heavy (non-hydrogen) atoms. The van der Waals surface area contributed by atoms with Crippen molar-refractivity contribution in [3.05, 3.63) is 0 Å². The van der Waals surface area contributed by atoms with E-state index < -0.39 is 41.2 Å². The van der Waals surface area contributed by atoms with Gasteiger partial charge >= 0.3 is 0 Å². The SMILES string of the molecule is C[C@@H]1CC[C@@]2(OC1)O[C@H]1C[C@@H]3[C@@H]4CC[C@]5(O)[C@@H](O)[C@H](O)[C@@H](O)[C@H](O)[C@@]5(C)[C@H]4CC[C@@]3(C)[C@H]1[C@@H]2C. The quantitative estimate of drug-likeness (QED) is 0.359. The second-order valence-corrected chi connectivity index (χ2v) is 13.5. The van der Waals surface area contributed by atoms with Crippen molar-refractivity contribution in [3.63, 3.8) is 0 Å². The number of hydrogen-bond acceptors (Lipinski definition) is 7. The Morgan fingerprint density at radius 3 is 2.21 bits per heavy atom. The minimum Gasteiger partial charge on any atom is -0.390 e. The van der Waals surface area contributed by atoms with Crippen LogP contribution < -0.4 is 0 Å².